The van der Waals surface area contributed by atoms with E-state index >= 15 is 0 Å². The Bertz CT molecular complexity index is 270. The van der Waals surface area contributed by atoms with Gasteiger partial charge < -0.3 is 10.1 Å². The third kappa shape index (κ3) is 4.71. The zero-order chi connectivity index (χ0) is 14.4. The number of piperidine rings is 1. The summed E-state index contributed by atoms with van der Waals surface area (Å²) in [6.07, 6.45) is 7.02. The van der Waals surface area contributed by atoms with Gasteiger partial charge in [0.25, 0.3) is 0 Å². The second kappa shape index (κ2) is 8.35. The topological polar surface area (TPSA) is 24.5 Å². The van der Waals surface area contributed by atoms with Gasteiger partial charge in [-0.1, -0.05) is 20.8 Å². The molecule has 3 atom stereocenters. The van der Waals surface area contributed by atoms with Gasteiger partial charge in [-0.15, -0.1) is 0 Å². The molecule has 1 saturated carbocycles. The van der Waals surface area contributed by atoms with Gasteiger partial charge in [-0.25, -0.2) is 0 Å². The van der Waals surface area contributed by atoms with E-state index in [-0.39, 0.29) is 0 Å². The first-order valence-corrected chi connectivity index (χ1v) is 8.77. The monoisotopic (exact) mass is 282 g/mol. The van der Waals surface area contributed by atoms with Crippen molar-refractivity contribution in [1.29, 1.82) is 0 Å². The van der Waals surface area contributed by atoms with Crippen LogP contribution in [-0.4, -0.2) is 49.8 Å². The minimum atomic E-state index is 0.494. The number of hydrogen-bond acceptors (Lipinski definition) is 3. The number of nitrogens with one attached hydrogen (secondary N) is 1. The van der Waals surface area contributed by atoms with Gasteiger partial charge in [0.2, 0.25) is 0 Å². The molecule has 1 aliphatic carbocycles. The Morgan fingerprint density at radius 1 is 1.25 bits per heavy atom. The number of ether oxygens (including phenoxy) is 1. The van der Waals surface area contributed by atoms with Crippen molar-refractivity contribution in [2.75, 3.05) is 32.8 Å². The van der Waals surface area contributed by atoms with E-state index < -0.39 is 0 Å². The molecule has 1 saturated heterocycles. The van der Waals surface area contributed by atoms with Gasteiger partial charge in [-0.3, -0.25) is 4.90 Å². The Kier molecular flexibility index (Phi) is 6.79. The average Bonchev–Trinajstić information content (AvgIpc) is 2.40. The summed E-state index contributed by atoms with van der Waals surface area (Å²) in [5.41, 5.74) is 0. The van der Waals surface area contributed by atoms with Crippen LogP contribution in [-0.2, 0) is 4.74 Å². The maximum absolute atomic E-state index is 5.97. The zero-order valence-electron chi connectivity index (χ0n) is 13.7. The fourth-order valence-corrected chi connectivity index (χ4v) is 3.52. The van der Waals surface area contributed by atoms with Crippen molar-refractivity contribution >= 4 is 0 Å². The second-order valence-electron chi connectivity index (χ2n) is 7.09. The SMILES string of the molecule is CCCOC1CCCN(C2CCC2CNCC(C)C)C1. The lowest BCUT2D eigenvalue weighted by Gasteiger charge is -2.47. The van der Waals surface area contributed by atoms with Crippen LogP contribution in [0.25, 0.3) is 0 Å². The number of likely N-dealkylation sites (tertiary alicyclic amines) is 1. The maximum Gasteiger partial charge on any atom is 0.0702 e. The molecule has 0 amide bonds. The third-order valence-corrected chi connectivity index (χ3v) is 4.77. The van der Waals surface area contributed by atoms with Crippen LogP contribution in [0.4, 0.5) is 0 Å². The molecule has 1 aliphatic heterocycles. The van der Waals surface area contributed by atoms with E-state index in [1.54, 1.807) is 0 Å². The van der Waals surface area contributed by atoms with Gasteiger partial charge in [-0.05, 0) is 63.6 Å². The Morgan fingerprint density at radius 2 is 2.10 bits per heavy atom. The standard InChI is InChI=1S/C17H34N2O/c1-4-10-20-16-6-5-9-19(13-16)17-8-7-15(17)12-18-11-14(2)3/h14-18H,4-13H2,1-3H3. The van der Waals surface area contributed by atoms with Crippen molar-refractivity contribution in [2.45, 2.75) is 65.0 Å². The fourth-order valence-electron chi connectivity index (χ4n) is 3.52. The van der Waals surface area contributed by atoms with E-state index in [1.807, 2.05) is 0 Å². The Hall–Kier alpha value is -0.120. The van der Waals surface area contributed by atoms with Crippen LogP contribution in [0.5, 0.6) is 0 Å². The highest BCUT2D eigenvalue weighted by Gasteiger charge is 2.37. The van der Waals surface area contributed by atoms with Crippen molar-refractivity contribution in [1.82, 2.24) is 10.2 Å². The molecular formula is C17H34N2O. The van der Waals surface area contributed by atoms with Crippen molar-refractivity contribution in [2.24, 2.45) is 11.8 Å². The molecule has 20 heavy (non-hydrogen) atoms. The van der Waals surface area contributed by atoms with Gasteiger partial charge in [0, 0.05) is 19.2 Å². The second-order valence-corrected chi connectivity index (χ2v) is 7.09. The summed E-state index contributed by atoms with van der Waals surface area (Å²) < 4.78 is 5.97. The van der Waals surface area contributed by atoms with Gasteiger partial charge in [0.15, 0.2) is 0 Å². The molecule has 3 nitrogen and oxygen atoms in total. The van der Waals surface area contributed by atoms with E-state index in [9.17, 15) is 0 Å². The predicted molar refractivity (Wildman–Crippen MR) is 85.1 cm³/mol. The molecule has 0 aromatic heterocycles. The highest BCUT2D eigenvalue weighted by atomic mass is 16.5. The first kappa shape index (κ1) is 16.3. The van der Waals surface area contributed by atoms with Gasteiger partial charge in [0.05, 0.1) is 6.10 Å². The summed E-state index contributed by atoms with van der Waals surface area (Å²) in [4.78, 5) is 2.72. The lowest BCUT2D eigenvalue weighted by molar-refractivity contribution is -0.0394. The largest absolute Gasteiger partial charge is 0.377 e. The molecule has 2 fully saturated rings. The molecule has 0 radical (unpaired) electrons. The average molecular weight is 282 g/mol. The van der Waals surface area contributed by atoms with E-state index in [0.717, 1.165) is 37.5 Å². The third-order valence-electron chi connectivity index (χ3n) is 4.77. The molecule has 1 N–H and O–H groups in total. The summed E-state index contributed by atoms with van der Waals surface area (Å²) in [6, 6.07) is 0.822. The molecule has 0 aromatic rings. The molecule has 118 valence electrons. The summed E-state index contributed by atoms with van der Waals surface area (Å²) in [6.45, 7) is 12.5. The van der Waals surface area contributed by atoms with Crippen molar-refractivity contribution < 1.29 is 4.74 Å². The van der Waals surface area contributed by atoms with Crippen molar-refractivity contribution in [3.8, 4) is 0 Å². The minimum absolute atomic E-state index is 0.494. The maximum atomic E-state index is 5.97. The smallest absolute Gasteiger partial charge is 0.0702 e. The minimum Gasteiger partial charge on any atom is -0.377 e. The number of rotatable bonds is 8. The molecule has 3 unspecified atom stereocenters. The number of nitrogens with zero attached hydrogens (tertiary/aromatic N) is 1. The van der Waals surface area contributed by atoms with Crippen LogP contribution in [0.2, 0.25) is 0 Å². The summed E-state index contributed by atoms with van der Waals surface area (Å²) >= 11 is 0. The Labute approximate surface area is 125 Å². The lowest BCUT2D eigenvalue weighted by Crippen LogP contribution is -2.54. The van der Waals surface area contributed by atoms with Gasteiger partial charge in [-0.2, -0.15) is 0 Å². The molecule has 2 aliphatic rings. The quantitative estimate of drug-likeness (QED) is 0.741. The predicted octanol–water partition coefficient (Wildman–Crippen LogP) is 2.90. The molecular weight excluding hydrogens is 248 g/mol. The van der Waals surface area contributed by atoms with Crippen LogP contribution in [0.1, 0.15) is 52.9 Å². The Morgan fingerprint density at radius 3 is 2.75 bits per heavy atom. The van der Waals surface area contributed by atoms with Crippen LogP contribution in [0, 0.1) is 11.8 Å². The summed E-state index contributed by atoms with van der Waals surface area (Å²) in [5.74, 6) is 1.63. The van der Waals surface area contributed by atoms with E-state index in [2.05, 4.69) is 31.0 Å². The van der Waals surface area contributed by atoms with Crippen LogP contribution in [0.3, 0.4) is 0 Å². The van der Waals surface area contributed by atoms with Crippen LogP contribution < -0.4 is 5.32 Å². The van der Waals surface area contributed by atoms with Gasteiger partial charge in [0.1, 0.15) is 0 Å². The highest BCUT2D eigenvalue weighted by Crippen LogP contribution is 2.33. The molecule has 0 aromatic carbocycles. The molecule has 1 heterocycles. The van der Waals surface area contributed by atoms with Crippen LogP contribution in [0.15, 0.2) is 0 Å². The molecule has 3 heteroatoms. The molecule has 2 rings (SSSR count). The van der Waals surface area contributed by atoms with Crippen molar-refractivity contribution in [3.63, 3.8) is 0 Å². The first-order valence-electron chi connectivity index (χ1n) is 8.77. The van der Waals surface area contributed by atoms with E-state index in [0.29, 0.717) is 6.10 Å². The highest BCUT2D eigenvalue weighted by molar-refractivity contribution is 4.92. The first-order chi connectivity index (χ1) is 9.70. The van der Waals surface area contributed by atoms with E-state index in [4.69, 9.17) is 4.74 Å². The molecule has 0 bridgehead atoms. The summed E-state index contributed by atoms with van der Waals surface area (Å²) in [7, 11) is 0. The molecule has 0 spiro atoms. The van der Waals surface area contributed by atoms with E-state index in [1.165, 1.54) is 45.3 Å². The number of hydrogen-bond donors (Lipinski definition) is 1. The fraction of sp³-hybridized carbons (Fsp3) is 1.00. The normalized spacial score (nSPS) is 31.5. The Balaban J connectivity index is 1.70. The van der Waals surface area contributed by atoms with Gasteiger partial charge >= 0.3 is 0 Å². The zero-order valence-corrected chi connectivity index (χ0v) is 13.7. The lowest BCUT2D eigenvalue weighted by atomic mass is 9.77. The van der Waals surface area contributed by atoms with Crippen molar-refractivity contribution in [3.05, 3.63) is 0 Å². The summed E-state index contributed by atoms with van der Waals surface area (Å²) in [5, 5.41) is 3.64. The van der Waals surface area contributed by atoms with Crippen LogP contribution >= 0.6 is 0 Å².